The highest BCUT2D eigenvalue weighted by Gasteiger charge is 2.10. The van der Waals surface area contributed by atoms with Crippen molar-refractivity contribution in [1.82, 2.24) is 15.1 Å². The number of rotatable bonds is 7. The normalized spacial score (nSPS) is 10.9. The Kier molecular flexibility index (Phi) is 5.81. The lowest BCUT2D eigenvalue weighted by Gasteiger charge is -2.05. The third-order valence-electron chi connectivity index (χ3n) is 3.99. The summed E-state index contributed by atoms with van der Waals surface area (Å²) in [4.78, 5) is 22.2. The second-order valence-electron chi connectivity index (χ2n) is 6.08. The van der Waals surface area contributed by atoms with Gasteiger partial charge in [-0.1, -0.05) is 30.3 Å². The minimum Gasteiger partial charge on any atom is -0.508 e. The van der Waals surface area contributed by atoms with E-state index in [0.29, 0.717) is 6.54 Å². The molecule has 1 amide bonds. The molecule has 0 aliphatic carbocycles. The highest BCUT2D eigenvalue weighted by molar-refractivity contribution is 5.91. The van der Waals surface area contributed by atoms with E-state index in [4.69, 9.17) is 0 Å². The number of hydrogen-bond donors (Lipinski definition) is 2. The number of phenols is 1. The number of amides is 1. The van der Waals surface area contributed by atoms with Crippen LogP contribution in [0.4, 0.5) is 5.69 Å². The summed E-state index contributed by atoms with van der Waals surface area (Å²) in [6, 6.07) is 13.6. The SMILES string of the molecule is O=C(/C=C/c1cnn(Cc2ccccc2)c1)NCc1cc([N+](=O)[O-])ccc1O. The molecule has 0 fully saturated rings. The van der Waals surface area contributed by atoms with Gasteiger partial charge in [-0.3, -0.25) is 19.6 Å². The van der Waals surface area contributed by atoms with Crippen LogP contribution in [-0.4, -0.2) is 25.7 Å². The van der Waals surface area contributed by atoms with Crippen molar-refractivity contribution >= 4 is 17.7 Å². The number of aromatic hydroxyl groups is 1. The van der Waals surface area contributed by atoms with Crippen LogP contribution in [0.25, 0.3) is 6.08 Å². The van der Waals surface area contributed by atoms with E-state index in [-0.39, 0.29) is 29.5 Å². The smallest absolute Gasteiger partial charge is 0.270 e. The van der Waals surface area contributed by atoms with Crippen LogP contribution in [0.3, 0.4) is 0 Å². The Morgan fingerprint density at radius 1 is 1.25 bits per heavy atom. The molecule has 0 unspecified atom stereocenters. The molecule has 3 aromatic rings. The molecule has 1 heterocycles. The number of carbonyl (C=O) groups is 1. The minimum atomic E-state index is -0.558. The van der Waals surface area contributed by atoms with E-state index in [2.05, 4.69) is 10.4 Å². The van der Waals surface area contributed by atoms with E-state index in [1.165, 1.54) is 24.3 Å². The molecule has 0 atom stereocenters. The average Bonchev–Trinajstić information content (AvgIpc) is 3.13. The quantitative estimate of drug-likeness (QED) is 0.373. The van der Waals surface area contributed by atoms with Gasteiger partial charge in [0.05, 0.1) is 17.7 Å². The molecule has 28 heavy (non-hydrogen) atoms. The van der Waals surface area contributed by atoms with Crippen molar-refractivity contribution in [1.29, 1.82) is 0 Å². The van der Waals surface area contributed by atoms with Crippen molar-refractivity contribution in [2.75, 3.05) is 0 Å². The zero-order chi connectivity index (χ0) is 19.9. The lowest BCUT2D eigenvalue weighted by atomic mass is 10.1. The Bertz CT molecular complexity index is 1010. The van der Waals surface area contributed by atoms with Crippen LogP contribution in [-0.2, 0) is 17.9 Å². The number of benzene rings is 2. The fourth-order valence-electron chi connectivity index (χ4n) is 2.56. The van der Waals surface area contributed by atoms with E-state index >= 15 is 0 Å². The molecule has 0 aliphatic rings. The van der Waals surface area contributed by atoms with E-state index in [1.54, 1.807) is 17.0 Å². The van der Waals surface area contributed by atoms with Gasteiger partial charge in [-0.2, -0.15) is 5.10 Å². The molecular weight excluding hydrogens is 360 g/mol. The second kappa shape index (κ2) is 8.63. The van der Waals surface area contributed by atoms with E-state index < -0.39 is 4.92 Å². The van der Waals surface area contributed by atoms with Gasteiger partial charge in [0.15, 0.2) is 0 Å². The van der Waals surface area contributed by atoms with Gasteiger partial charge in [0.2, 0.25) is 5.91 Å². The lowest BCUT2D eigenvalue weighted by Crippen LogP contribution is -2.20. The van der Waals surface area contributed by atoms with Gasteiger partial charge in [0.1, 0.15) is 5.75 Å². The maximum absolute atomic E-state index is 12.0. The van der Waals surface area contributed by atoms with Crippen LogP contribution in [0.15, 0.2) is 67.0 Å². The number of carbonyl (C=O) groups excluding carboxylic acids is 1. The van der Waals surface area contributed by atoms with Crippen LogP contribution < -0.4 is 5.32 Å². The fraction of sp³-hybridized carbons (Fsp3) is 0.100. The number of hydrogen-bond acceptors (Lipinski definition) is 5. The Morgan fingerprint density at radius 2 is 2.04 bits per heavy atom. The summed E-state index contributed by atoms with van der Waals surface area (Å²) in [5.41, 5.74) is 2.01. The first-order chi connectivity index (χ1) is 13.5. The molecule has 142 valence electrons. The van der Waals surface area contributed by atoms with Crippen molar-refractivity contribution in [2.45, 2.75) is 13.1 Å². The first-order valence-corrected chi connectivity index (χ1v) is 8.50. The van der Waals surface area contributed by atoms with Crippen molar-refractivity contribution in [3.8, 4) is 5.75 Å². The van der Waals surface area contributed by atoms with Crippen molar-refractivity contribution < 1.29 is 14.8 Å². The summed E-state index contributed by atoms with van der Waals surface area (Å²) in [5, 5.41) is 27.4. The third-order valence-corrected chi connectivity index (χ3v) is 3.99. The molecule has 0 saturated carbocycles. The van der Waals surface area contributed by atoms with Gasteiger partial charge < -0.3 is 10.4 Å². The third kappa shape index (κ3) is 5.04. The predicted octanol–water partition coefficient (Wildman–Crippen LogP) is 2.87. The van der Waals surface area contributed by atoms with Crippen LogP contribution in [0, 0.1) is 10.1 Å². The number of nitro benzene ring substituents is 1. The van der Waals surface area contributed by atoms with Gasteiger partial charge in [-0.05, 0) is 17.7 Å². The van der Waals surface area contributed by atoms with Crippen molar-refractivity contribution in [2.24, 2.45) is 0 Å². The molecule has 1 aromatic heterocycles. The topological polar surface area (TPSA) is 110 Å². The molecule has 8 heteroatoms. The summed E-state index contributed by atoms with van der Waals surface area (Å²) < 4.78 is 1.77. The van der Waals surface area contributed by atoms with Crippen LogP contribution in [0.1, 0.15) is 16.7 Å². The van der Waals surface area contributed by atoms with E-state index in [0.717, 1.165) is 11.1 Å². The molecule has 0 radical (unpaired) electrons. The van der Waals surface area contributed by atoms with Crippen molar-refractivity contribution in [3.05, 3.63) is 93.8 Å². The van der Waals surface area contributed by atoms with Gasteiger partial charge >= 0.3 is 0 Å². The number of non-ortho nitro benzene ring substituents is 1. The molecule has 3 rings (SSSR count). The van der Waals surface area contributed by atoms with Crippen LogP contribution in [0.2, 0.25) is 0 Å². The maximum Gasteiger partial charge on any atom is 0.270 e. The molecule has 2 N–H and O–H groups in total. The fourth-order valence-corrected chi connectivity index (χ4v) is 2.56. The molecule has 0 bridgehead atoms. The van der Waals surface area contributed by atoms with Gasteiger partial charge in [0.25, 0.3) is 5.69 Å². The van der Waals surface area contributed by atoms with Gasteiger partial charge in [-0.25, -0.2) is 0 Å². The predicted molar refractivity (Wildman–Crippen MR) is 103 cm³/mol. The molecular formula is C20H18N4O4. The second-order valence-corrected chi connectivity index (χ2v) is 6.08. The molecule has 8 nitrogen and oxygen atoms in total. The van der Waals surface area contributed by atoms with E-state index in [9.17, 15) is 20.0 Å². The summed E-state index contributed by atoms with van der Waals surface area (Å²) in [6.07, 6.45) is 6.44. The van der Waals surface area contributed by atoms with Crippen LogP contribution in [0.5, 0.6) is 5.75 Å². The van der Waals surface area contributed by atoms with Crippen LogP contribution >= 0.6 is 0 Å². The Balaban J connectivity index is 1.56. The number of nitrogens with zero attached hydrogens (tertiary/aromatic N) is 3. The Morgan fingerprint density at radius 3 is 2.79 bits per heavy atom. The van der Waals surface area contributed by atoms with Gasteiger partial charge in [-0.15, -0.1) is 0 Å². The summed E-state index contributed by atoms with van der Waals surface area (Å²) >= 11 is 0. The standard InChI is InChI=1S/C20H18N4O4/c25-19-8-7-18(24(27)28)10-17(19)12-21-20(26)9-6-16-11-22-23(14-16)13-15-4-2-1-3-5-15/h1-11,14,25H,12-13H2,(H,21,26)/b9-6+. The lowest BCUT2D eigenvalue weighted by molar-refractivity contribution is -0.384. The zero-order valence-electron chi connectivity index (χ0n) is 14.9. The first kappa shape index (κ1) is 18.8. The number of nitrogens with one attached hydrogen (secondary N) is 1. The molecule has 2 aromatic carbocycles. The summed E-state index contributed by atoms with van der Waals surface area (Å²) in [6.45, 7) is 0.608. The molecule has 0 saturated heterocycles. The largest absolute Gasteiger partial charge is 0.508 e. The minimum absolute atomic E-state index is 0.0239. The molecule has 0 spiro atoms. The van der Waals surface area contributed by atoms with Crippen molar-refractivity contribution in [3.63, 3.8) is 0 Å². The highest BCUT2D eigenvalue weighted by atomic mass is 16.6. The average molecular weight is 378 g/mol. The molecule has 0 aliphatic heterocycles. The number of aromatic nitrogens is 2. The number of nitro groups is 1. The Hall–Kier alpha value is -3.94. The monoisotopic (exact) mass is 378 g/mol. The Labute approximate surface area is 160 Å². The number of phenolic OH excluding ortho intramolecular Hbond substituents is 1. The first-order valence-electron chi connectivity index (χ1n) is 8.50. The zero-order valence-corrected chi connectivity index (χ0v) is 14.9. The van der Waals surface area contributed by atoms with E-state index in [1.807, 2.05) is 36.5 Å². The maximum atomic E-state index is 12.0. The summed E-state index contributed by atoms with van der Waals surface area (Å²) in [7, 11) is 0. The summed E-state index contributed by atoms with van der Waals surface area (Å²) in [5.74, 6) is -0.501. The highest BCUT2D eigenvalue weighted by Crippen LogP contribution is 2.22. The van der Waals surface area contributed by atoms with Gasteiger partial charge in [0, 0.05) is 42.1 Å².